The van der Waals surface area contributed by atoms with Gasteiger partial charge in [-0.05, 0) is 36.1 Å². The Morgan fingerprint density at radius 1 is 0.897 bits per heavy atom. The van der Waals surface area contributed by atoms with Crippen molar-refractivity contribution < 1.29 is 19.1 Å². The van der Waals surface area contributed by atoms with E-state index < -0.39 is 11.9 Å². The quantitative estimate of drug-likeness (QED) is 0.340. The van der Waals surface area contributed by atoms with Crippen molar-refractivity contribution in [3.8, 4) is 0 Å². The third kappa shape index (κ3) is 3.40. The van der Waals surface area contributed by atoms with Crippen molar-refractivity contribution in [2.24, 2.45) is 0 Å². The summed E-state index contributed by atoms with van der Waals surface area (Å²) in [6, 6.07) is 17.6. The Kier molecular flexibility index (Phi) is 5.12. The lowest BCUT2D eigenvalue weighted by Gasteiger charge is -2.16. The van der Waals surface area contributed by atoms with Gasteiger partial charge in [-0.2, -0.15) is 0 Å². The molecule has 0 saturated carbocycles. The monoisotopic (exact) mass is 387 g/mol. The third-order valence-corrected chi connectivity index (χ3v) is 5.11. The summed E-state index contributed by atoms with van der Waals surface area (Å²) in [7, 11) is 0. The molecule has 29 heavy (non-hydrogen) atoms. The number of carbonyl (C=O) groups is 3. The summed E-state index contributed by atoms with van der Waals surface area (Å²) in [5.41, 5.74) is 1.34. The Balaban J connectivity index is 1.64. The van der Waals surface area contributed by atoms with Gasteiger partial charge in [0.25, 0.3) is 11.8 Å². The van der Waals surface area contributed by atoms with Gasteiger partial charge in [-0.15, -0.1) is 0 Å². The smallest absolute Gasteiger partial charge is 0.338 e. The van der Waals surface area contributed by atoms with E-state index in [4.69, 9.17) is 4.74 Å². The molecule has 0 spiro atoms. The molecule has 0 unspecified atom stereocenters. The summed E-state index contributed by atoms with van der Waals surface area (Å²) in [6.45, 7) is 2.42. The van der Waals surface area contributed by atoms with Gasteiger partial charge in [0, 0.05) is 5.39 Å². The number of amides is 2. The van der Waals surface area contributed by atoms with Crippen LogP contribution in [0, 0.1) is 0 Å². The molecule has 1 aliphatic heterocycles. The van der Waals surface area contributed by atoms with Gasteiger partial charge in [0.1, 0.15) is 0 Å². The van der Waals surface area contributed by atoms with Crippen LogP contribution in [0.15, 0.2) is 60.7 Å². The molecule has 0 atom stereocenters. The minimum Gasteiger partial charge on any atom is -0.462 e. The molecule has 146 valence electrons. The molecule has 1 aliphatic rings. The predicted octanol–water partition coefficient (Wildman–Crippen LogP) is 4.99. The average Bonchev–Trinajstić information content (AvgIpc) is 3.00. The predicted molar refractivity (Wildman–Crippen MR) is 111 cm³/mol. The second kappa shape index (κ2) is 7.87. The first-order valence-corrected chi connectivity index (χ1v) is 9.79. The summed E-state index contributed by atoms with van der Waals surface area (Å²) in [5, 5.41) is 1.76. The van der Waals surface area contributed by atoms with Gasteiger partial charge in [-0.25, -0.2) is 9.69 Å². The number of fused-ring (bicyclic) bond motifs is 2. The van der Waals surface area contributed by atoms with E-state index in [0.717, 1.165) is 30.0 Å². The highest BCUT2D eigenvalue weighted by atomic mass is 16.5. The molecule has 0 bridgehead atoms. The second-order valence-electron chi connectivity index (χ2n) is 7.05. The normalized spacial score (nSPS) is 13.1. The molecule has 3 aromatic rings. The molecular weight excluding hydrogens is 366 g/mol. The summed E-state index contributed by atoms with van der Waals surface area (Å²) in [5.74, 6) is -1.29. The first-order valence-electron chi connectivity index (χ1n) is 9.79. The van der Waals surface area contributed by atoms with Gasteiger partial charge in [-0.3, -0.25) is 9.59 Å². The molecular formula is C24H21NO4. The molecule has 3 aromatic carbocycles. The lowest BCUT2D eigenvalue weighted by molar-refractivity contribution is 0.0498. The second-order valence-corrected chi connectivity index (χ2v) is 7.05. The van der Waals surface area contributed by atoms with Gasteiger partial charge >= 0.3 is 5.97 Å². The van der Waals surface area contributed by atoms with Crippen molar-refractivity contribution in [2.75, 3.05) is 11.5 Å². The maximum atomic E-state index is 13.1. The average molecular weight is 387 g/mol. The van der Waals surface area contributed by atoms with Crippen LogP contribution in [0.25, 0.3) is 10.8 Å². The molecule has 5 nitrogen and oxygen atoms in total. The molecule has 0 fully saturated rings. The molecule has 2 amide bonds. The van der Waals surface area contributed by atoms with Crippen LogP contribution in [0.5, 0.6) is 0 Å². The van der Waals surface area contributed by atoms with Gasteiger partial charge in [0.15, 0.2) is 0 Å². The number of ether oxygens (including phenoxy) is 1. The third-order valence-electron chi connectivity index (χ3n) is 5.11. The molecule has 0 N–H and O–H groups in total. The Morgan fingerprint density at radius 3 is 2.48 bits per heavy atom. The summed E-state index contributed by atoms with van der Waals surface area (Å²) >= 11 is 0. The summed E-state index contributed by atoms with van der Waals surface area (Å²) in [6.07, 6.45) is 2.83. The van der Waals surface area contributed by atoms with Gasteiger partial charge in [0.2, 0.25) is 0 Å². The zero-order chi connectivity index (χ0) is 20.4. The van der Waals surface area contributed by atoms with Crippen LogP contribution in [-0.4, -0.2) is 24.4 Å². The van der Waals surface area contributed by atoms with Crippen LogP contribution in [0.2, 0.25) is 0 Å². The first kappa shape index (κ1) is 18.9. The Bertz CT molecular complexity index is 1110. The van der Waals surface area contributed by atoms with Crippen LogP contribution in [0.1, 0.15) is 57.3 Å². The van der Waals surface area contributed by atoms with Crippen LogP contribution in [0.4, 0.5) is 5.69 Å². The van der Waals surface area contributed by atoms with E-state index in [9.17, 15) is 14.4 Å². The zero-order valence-electron chi connectivity index (χ0n) is 16.2. The number of rotatable bonds is 6. The number of carbonyl (C=O) groups excluding carboxylic acids is 3. The number of esters is 1. The number of hydrogen-bond donors (Lipinski definition) is 0. The minimum absolute atomic E-state index is 0.228. The number of anilines is 1. The fraction of sp³-hybridized carbons (Fsp3) is 0.208. The number of benzene rings is 3. The number of unbranched alkanes of at least 4 members (excludes halogenated alkanes) is 2. The topological polar surface area (TPSA) is 63.7 Å². The molecule has 5 heteroatoms. The zero-order valence-corrected chi connectivity index (χ0v) is 16.2. The van der Waals surface area contributed by atoms with Crippen molar-refractivity contribution in [3.05, 3.63) is 77.4 Å². The number of hydrogen-bond acceptors (Lipinski definition) is 4. The molecule has 0 aromatic heterocycles. The van der Waals surface area contributed by atoms with Crippen LogP contribution < -0.4 is 4.90 Å². The van der Waals surface area contributed by atoms with E-state index in [-0.39, 0.29) is 17.0 Å². The highest BCUT2D eigenvalue weighted by Crippen LogP contribution is 2.34. The van der Waals surface area contributed by atoms with Crippen molar-refractivity contribution in [1.29, 1.82) is 0 Å². The molecule has 0 saturated heterocycles. The maximum absolute atomic E-state index is 13.1. The Labute approximate surface area is 168 Å². The lowest BCUT2D eigenvalue weighted by Crippen LogP contribution is -2.29. The summed E-state index contributed by atoms with van der Waals surface area (Å²) < 4.78 is 5.27. The molecule has 0 aliphatic carbocycles. The summed E-state index contributed by atoms with van der Waals surface area (Å²) in [4.78, 5) is 39.5. The van der Waals surface area contributed by atoms with Crippen molar-refractivity contribution >= 4 is 34.2 Å². The standard InChI is InChI=1S/C24H21NO4/c1-2-3-6-14-29-24(28)17-12-13-19-20(15-17)23(27)25(22(19)26)21-11-7-9-16-8-4-5-10-18(16)21/h4-5,7-13,15H,2-3,6,14H2,1H3. The largest absolute Gasteiger partial charge is 0.462 e. The molecule has 0 radical (unpaired) electrons. The number of imide groups is 1. The van der Waals surface area contributed by atoms with E-state index in [2.05, 4.69) is 6.92 Å². The van der Waals surface area contributed by atoms with Gasteiger partial charge in [-0.1, -0.05) is 56.2 Å². The number of nitrogens with zero attached hydrogens (tertiary/aromatic N) is 1. The fourth-order valence-electron chi connectivity index (χ4n) is 3.59. The van der Waals surface area contributed by atoms with Crippen molar-refractivity contribution in [1.82, 2.24) is 0 Å². The van der Waals surface area contributed by atoms with E-state index in [1.54, 1.807) is 12.1 Å². The van der Waals surface area contributed by atoms with Gasteiger partial charge in [0.05, 0.1) is 29.0 Å². The minimum atomic E-state index is -0.479. The SMILES string of the molecule is CCCCCOC(=O)c1ccc2c(c1)C(=O)N(c1cccc3ccccc13)C2=O. The van der Waals surface area contributed by atoms with E-state index in [1.165, 1.54) is 17.0 Å². The maximum Gasteiger partial charge on any atom is 0.338 e. The highest BCUT2D eigenvalue weighted by Gasteiger charge is 2.37. The van der Waals surface area contributed by atoms with Crippen molar-refractivity contribution in [3.63, 3.8) is 0 Å². The fourth-order valence-corrected chi connectivity index (χ4v) is 3.59. The van der Waals surface area contributed by atoms with Crippen LogP contribution >= 0.6 is 0 Å². The van der Waals surface area contributed by atoms with Gasteiger partial charge < -0.3 is 4.74 Å². The van der Waals surface area contributed by atoms with E-state index >= 15 is 0 Å². The lowest BCUT2D eigenvalue weighted by atomic mass is 10.1. The van der Waals surface area contributed by atoms with Crippen LogP contribution in [-0.2, 0) is 4.74 Å². The molecule has 1 heterocycles. The first-order chi connectivity index (χ1) is 14.1. The van der Waals surface area contributed by atoms with E-state index in [0.29, 0.717) is 17.9 Å². The van der Waals surface area contributed by atoms with Crippen LogP contribution in [0.3, 0.4) is 0 Å². The highest BCUT2D eigenvalue weighted by molar-refractivity contribution is 6.36. The Morgan fingerprint density at radius 2 is 1.66 bits per heavy atom. The van der Waals surface area contributed by atoms with E-state index in [1.807, 2.05) is 36.4 Å². The van der Waals surface area contributed by atoms with Crippen molar-refractivity contribution in [2.45, 2.75) is 26.2 Å². The Hall–Kier alpha value is -3.47. The molecule has 4 rings (SSSR count).